The van der Waals surface area contributed by atoms with E-state index in [1.165, 1.54) is 11.5 Å². The third-order valence-electron chi connectivity index (χ3n) is 3.87. The molecular formula is C19H21N5O2S. The van der Waals surface area contributed by atoms with Crippen LogP contribution >= 0.6 is 11.5 Å². The second-order valence-electron chi connectivity index (χ2n) is 6.02. The number of likely N-dealkylation sites (N-methyl/N-ethyl adjacent to an activating group) is 1. The molecule has 0 aliphatic carbocycles. The Bertz CT molecular complexity index is 885. The molecule has 0 aliphatic heterocycles. The van der Waals surface area contributed by atoms with Gasteiger partial charge in [0.25, 0.3) is 0 Å². The molecule has 0 radical (unpaired) electrons. The number of nitrogens with one attached hydrogen (secondary N) is 1. The first kappa shape index (κ1) is 18.8. The first-order chi connectivity index (χ1) is 13.1. The quantitative estimate of drug-likeness (QED) is 0.643. The summed E-state index contributed by atoms with van der Waals surface area (Å²) in [5.41, 5.74) is 2.04. The molecule has 3 aromatic rings. The Labute approximate surface area is 162 Å². The van der Waals surface area contributed by atoms with Gasteiger partial charge in [0.05, 0.1) is 13.7 Å². The SMILES string of the molecule is COc1cccc(Cc2nsc(N(C)CC(=O)NCc3cccnc3)n2)c1. The van der Waals surface area contributed by atoms with Crippen molar-refractivity contribution in [1.29, 1.82) is 0 Å². The molecule has 140 valence electrons. The van der Waals surface area contributed by atoms with Crippen LogP contribution in [0.1, 0.15) is 17.0 Å². The lowest BCUT2D eigenvalue weighted by atomic mass is 10.1. The number of ether oxygens (including phenoxy) is 1. The smallest absolute Gasteiger partial charge is 0.239 e. The van der Waals surface area contributed by atoms with Crippen LogP contribution in [0.5, 0.6) is 5.75 Å². The zero-order valence-corrected chi connectivity index (χ0v) is 16.1. The van der Waals surface area contributed by atoms with Crippen LogP contribution in [0.2, 0.25) is 0 Å². The maximum atomic E-state index is 12.1. The number of methoxy groups -OCH3 is 1. The maximum absolute atomic E-state index is 12.1. The minimum Gasteiger partial charge on any atom is -0.497 e. The molecule has 2 aromatic heterocycles. The van der Waals surface area contributed by atoms with Gasteiger partial charge in [-0.15, -0.1) is 0 Å². The number of carbonyl (C=O) groups excluding carboxylic acids is 1. The van der Waals surface area contributed by atoms with Crippen molar-refractivity contribution in [3.63, 3.8) is 0 Å². The Kier molecular flexibility index (Phi) is 6.32. The summed E-state index contributed by atoms with van der Waals surface area (Å²) in [4.78, 5) is 22.5. The van der Waals surface area contributed by atoms with Gasteiger partial charge in [-0.1, -0.05) is 18.2 Å². The summed E-state index contributed by atoms with van der Waals surface area (Å²) in [5.74, 6) is 1.46. The standard InChI is InChI=1S/C19H21N5O2S/c1-24(13-18(25)21-12-15-6-4-8-20-11-15)19-22-17(23-27-19)10-14-5-3-7-16(9-14)26-2/h3-9,11H,10,12-13H2,1-2H3,(H,21,25). The second kappa shape index (κ2) is 9.09. The van der Waals surface area contributed by atoms with Gasteiger partial charge in [0.15, 0.2) is 0 Å². The number of rotatable bonds is 8. The van der Waals surface area contributed by atoms with Crippen LogP contribution in [0.4, 0.5) is 5.13 Å². The summed E-state index contributed by atoms with van der Waals surface area (Å²) in [6.45, 7) is 0.672. The predicted octanol–water partition coefficient (Wildman–Crippen LogP) is 2.29. The van der Waals surface area contributed by atoms with Gasteiger partial charge in [-0.05, 0) is 29.3 Å². The molecule has 0 unspecified atom stereocenters. The fraction of sp³-hybridized carbons (Fsp3) is 0.263. The molecule has 1 N–H and O–H groups in total. The van der Waals surface area contributed by atoms with Gasteiger partial charge in [0, 0.05) is 43.9 Å². The molecule has 1 aromatic carbocycles. The Morgan fingerprint density at radius 3 is 2.89 bits per heavy atom. The molecule has 0 bridgehead atoms. The zero-order valence-electron chi connectivity index (χ0n) is 15.3. The van der Waals surface area contributed by atoms with E-state index in [4.69, 9.17) is 4.74 Å². The Hall–Kier alpha value is -3.00. The fourth-order valence-corrected chi connectivity index (χ4v) is 3.12. The molecule has 0 saturated heterocycles. The number of benzene rings is 1. The first-order valence-electron chi connectivity index (χ1n) is 8.46. The van der Waals surface area contributed by atoms with Gasteiger partial charge in [-0.2, -0.15) is 4.37 Å². The number of carbonyl (C=O) groups is 1. The largest absolute Gasteiger partial charge is 0.497 e. The minimum absolute atomic E-state index is 0.0779. The third kappa shape index (κ3) is 5.49. The van der Waals surface area contributed by atoms with Gasteiger partial charge in [-0.25, -0.2) is 4.98 Å². The van der Waals surface area contributed by atoms with Crippen LogP contribution < -0.4 is 15.0 Å². The molecule has 0 aliphatic rings. The van der Waals surface area contributed by atoms with Crippen LogP contribution in [0, 0.1) is 0 Å². The normalized spacial score (nSPS) is 10.4. The van der Waals surface area contributed by atoms with Crippen molar-refractivity contribution in [2.24, 2.45) is 0 Å². The molecule has 3 rings (SSSR count). The van der Waals surface area contributed by atoms with Gasteiger partial charge >= 0.3 is 0 Å². The van der Waals surface area contributed by atoms with Crippen molar-refractivity contribution in [3.05, 3.63) is 65.7 Å². The van der Waals surface area contributed by atoms with Gasteiger partial charge in [0.1, 0.15) is 11.6 Å². The second-order valence-corrected chi connectivity index (χ2v) is 6.75. The van der Waals surface area contributed by atoms with Crippen LogP contribution in [-0.4, -0.2) is 41.0 Å². The lowest BCUT2D eigenvalue weighted by Crippen LogP contribution is -2.34. The molecule has 2 heterocycles. The van der Waals surface area contributed by atoms with E-state index in [0.29, 0.717) is 18.1 Å². The topological polar surface area (TPSA) is 80.2 Å². The van der Waals surface area contributed by atoms with Crippen LogP contribution in [-0.2, 0) is 17.8 Å². The number of hydrogen-bond donors (Lipinski definition) is 1. The fourth-order valence-electron chi connectivity index (χ4n) is 2.48. The van der Waals surface area contributed by atoms with Crippen molar-refractivity contribution < 1.29 is 9.53 Å². The highest BCUT2D eigenvalue weighted by Gasteiger charge is 2.13. The maximum Gasteiger partial charge on any atom is 0.239 e. The summed E-state index contributed by atoms with van der Waals surface area (Å²) in [6.07, 6.45) is 4.06. The van der Waals surface area contributed by atoms with Gasteiger partial charge < -0.3 is 15.0 Å². The van der Waals surface area contributed by atoms with Gasteiger partial charge in [-0.3, -0.25) is 9.78 Å². The van der Waals surface area contributed by atoms with E-state index in [1.807, 2.05) is 43.4 Å². The average Bonchev–Trinajstić information content (AvgIpc) is 3.16. The summed E-state index contributed by atoms with van der Waals surface area (Å²) in [5, 5.41) is 3.59. The van der Waals surface area contributed by atoms with Crippen LogP contribution in [0.15, 0.2) is 48.8 Å². The van der Waals surface area contributed by atoms with Crippen LogP contribution in [0.25, 0.3) is 0 Å². The summed E-state index contributed by atoms with van der Waals surface area (Å²) in [7, 11) is 3.48. The summed E-state index contributed by atoms with van der Waals surface area (Å²) in [6, 6.07) is 11.6. The molecule has 0 fully saturated rings. The molecule has 0 saturated carbocycles. The summed E-state index contributed by atoms with van der Waals surface area (Å²) >= 11 is 1.29. The lowest BCUT2D eigenvalue weighted by molar-refractivity contribution is -0.119. The number of anilines is 1. The average molecular weight is 383 g/mol. The first-order valence-corrected chi connectivity index (χ1v) is 9.23. The number of aromatic nitrogens is 3. The van der Waals surface area contributed by atoms with Crippen molar-refractivity contribution in [2.75, 3.05) is 25.6 Å². The molecular weight excluding hydrogens is 362 g/mol. The van der Waals surface area contributed by atoms with E-state index in [0.717, 1.165) is 22.7 Å². The molecule has 1 amide bonds. The number of hydrogen-bond acceptors (Lipinski definition) is 7. The molecule has 0 atom stereocenters. The number of pyridine rings is 1. The monoisotopic (exact) mass is 383 g/mol. The lowest BCUT2D eigenvalue weighted by Gasteiger charge is -2.14. The zero-order chi connectivity index (χ0) is 19.1. The number of nitrogens with zero attached hydrogens (tertiary/aromatic N) is 4. The summed E-state index contributed by atoms with van der Waals surface area (Å²) < 4.78 is 9.64. The Morgan fingerprint density at radius 1 is 1.26 bits per heavy atom. The molecule has 8 heteroatoms. The van der Waals surface area contributed by atoms with Crippen molar-refractivity contribution >= 4 is 22.6 Å². The van der Waals surface area contributed by atoms with E-state index in [1.54, 1.807) is 24.4 Å². The third-order valence-corrected chi connectivity index (χ3v) is 4.74. The van der Waals surface area contributed by atoms with E-state index in [-0.39, 0.29) is 12.5 Å². The highest BCUT2D eigenvalue weighted by Crippen LogP contribution is 2.19. The van der Waals surface area contributed by atoms with Crippen molar-refractivity contribution in [2.45, 2.75) is 13.0 Å². The van der Waals surface area contributed by atoms with E-state index in [9.17, 15) is 4.79 Å². The van der Waals surface area contributed by atoms with Crippen LogP contribution in [0.3, 0.4) is 0 Å². The molecule has 27 heavy (non-hydrogen) atoms. The predicted molar refractivity (Wildman–Crippen MR) is 105 cm³/mol. The highest BCUT2D eigenvalue weighted by molar-refractivity contribution is 7.09. The Morgan fingerprint density at radius 2 is 2.11 bits per heavy atom. The Balaban J connectivity index is 1.53. The molecule has 0 spiro atoms. The highest BCUT2D eigenvalue weighted by atomic mass is 32.1. The molecule has 7 nitrogen and oxygen atoms in total. The van der Waals surface area contributed by atoms with E-state index in [2.05, 4.69) is 19.7 Å². The number of amides is 1. The van der Waals surface area contributed by atoms with E-state index >= 15 is 0 Å². The van der Waals surface area contributed by atoms with Crippen molar-refractivity contribution in [3.8, 4) is 5.75 Å². The minimum atomic E-state index is -0.0779. The van der Waals surface area contributed by atoms with Gasteiger partial charge in [0.2, 0.25) is 11.0 Å². The van der Waals surface area contributed by atoms with Crippen molar-refractivity contribution in [1.82, 2.24) is 19.7 Å². The van der Waals surface area contributed by atoms with E-state index < -0.39 is 0 Å².